The Labute approximate surface area is 181 Å². The van der Waals surface area contributed by atoms with E-state index in [-0.39, 0.29) is 11.6 Å². The van der Waals surface area contributed by atoms with Crippen LogP contribution in [0.3, 0.4) is 0 Å². The van der Waals surface area contributed by atoms with E-state index in [1.165, 1.54) is 12.8 Å². The summed E-state index contributed by atoms with van der Waals surface area (Å²) >= 11 is 7.80. The number of aromatic amines is 1. The lowest BCUT2D eigenvalue weighted by molar-refractivity contribution is 0.415. The van der Waals surface area contributed by atoms with Crippen molar-refractivity contribution in [3.05, 3.63) is 57.9 Å². The number of anilines is 1. The van der Waals surface area contributed by atoms with Gasteiger partial charge in [-0.25, -0.2) is 9.97 Å². The molecule has 3 aromatic heterocycles. The first-order chi connectivity index (χ1) is 14.5. The van der Waals surface area contributed by atoms with Crippen LogP contribution in [0.25, 0.3) is 21.5 Å². The van der Waals surface area contributed by atoms with Gasteiger partial charge in [-0.3, -0.25) is 4.79 Å². The summed E-state index contributed by atoms with van der Waals surface area (Å²) in [6.45, 7) is 1.94. The molecule has 0 aliphatic heterocycles. The number of fused-ring (bicyclic) bond motifs is 1. The zero-order valence-electron chi connectivity index (χ0n) is 16.5. The molecule has 1 aliphatic rings. The first-order valence-corrected chi connectivity index (χ1v) is 10.9. The van der Waals surface area contributed by atoms with Crippen molar-refractivity contribution < 1.29 is 4.74 Å². The summed E-state index contributed by atoms with van der Waals surface area (Å²) in [6, 6.07) is 5.71. The van der Waals surface area contributed by atoms with Gasteiger partial charge in [-0.05, 0) is 31.9 Å². The highest BCUT2D eigenvalue weighted by Gasteiger charge is 2.26. The number of thiazole rings is 1. The molecule has 0 bridgehead atoms. The molecule has 1 saturated carbocycles. The van der Waals surface area contributed by atoms with Gasteiger partial charge in [0.1, 0.15) is 5.75 Å². The van der Waals surface area contributed by atoms with Crippen molar-refractivity contribution in [2.45, 2.75) is 31.8 Å². The minimum absolute atomic E-state index is 0.157. The molecule has 30 heavy (non-hydrogen) atoms. The third-order valence-corrected chi connectivity index (χ3v) is 6.56. The topological polar surface area (TPSA) is 84.8 Å². The fourth-order valence-corrected chi connectivity index (χ4v) is 4.73. The zero-order valence-corrected chi connectivity index (χ0v) is 18.0. The van der Waals surface area contributed by atoms with Crippen LogP contribution in [0.15, 0.2) is 41.7 Å². The number of nitrogens with one attached hydrogen (secondary N) is 2. The maximum Gasteiger partial charge on any atom is 0.253 e. The largest absolute Gasteiger partial charge is 0.495 e. The van der Waals surface area contributed by atoms with Crippen LogP contribution >= 0.6 is 22.9 Å². The predicted octanol–water partition coefficient (Wildman–Crippen LogP) is 5.02. The quantitative estimate of drug-likeness (QED) is 0.439. The molecule has 0 amide bonds. The lowest BCUT2D eigenvalue weighted by atomic mass is 10.1. The number of benzene rings is 1. The molecule has 7 nitrogen and oxygen atoms in total. The van der Waals surface area contributed by atoms with Crippen LogP contribution in [0.5, 0.6) is 5.75 Å². The summed E-state index contributed by atoms with van der Waals surface area (Å²) in [5, 5.41) is 5.45. The van der Waals surface area contributed by atoms with Crippen LogP contribution in [0.4, 0.5) is 5.13 Å². The molecule has 0 unspecified atom stereocenters. The number of rotatable bonds is 6. The first-order valence-electron chi connectivity index (χ1n) is 9.68. The van der Waals surface area contributed by atoms with Gasteiger partial charge in [-0.1, -0.05) is 22.9 Å². The van der Waals surface area contributed by atoms with Gasteiger partial charge in [-0.2, -0.15) is 0 Å². The number of nitrogens with zero attached hydrogens (tertiary/aromatic N) is 3. The van der Waals surface area contributed by atoms with E-state index in [9.17, 15) is 4.79 Å². The smallest absolute Gasteiger partial charge is 0.253 e. The Morgan fingerprint density at radius 3 is 2.93 bits per heavy atom. The van der Waals surface area contributed by atoms with E-state index in [0.29, 0.717) is 27.9 Å². The van der Waals surface area contributed by atoms with Gasteiger partial charge in [0.2, 0.25) is 0 Å². The number of pyridine rings is 1. The molecule has 5 rings (SSSR count). The SMILES string of the molecule is COc1cc2[nH]c(=O)c([C@H](C)Nc3ncc(-c4cncn4C4CC4)s3)cc2cc1Cl. The van der Waals surface area contributed by atoms with E-state index in [2.05, 4.69) is 24.8 Å². The third-order valence-electron chi connectivity index (χ3n) is 5.32. The summed E-state index contributed by atoms with van der Waals surface area (Å²) in [4.78, 5) is 25.4. The molecule has 3 heterocycles. The van der Waals surface area contributed by atoms with Gasteiger partial charge in [0.15, 0.2) is 5.13 Å². The molecule has 9 heteroatoms. The number of H-pyrrole nitrogens is 1. The summed E-state index contributed by atoms with van der Waals surface area (Å²) in [6.07, 6.45) is 8.02. The summed E-state index contributed by atoms with van der Waals surface area (Å²) in [7, 11) is 1.55. The second-order valence-electron chi connectivity index (χ2n) is 7.44. The molecule has 1 aromatic carbocycles. The second-order valence-corrected chi connectivity index (χ2v) is 8.88. The molecule has 1 fully saturated rings. The number of methoxy groups -OCH3 is 1. The van der Waals surface area contributed by atoms with Gasteiger partial charge >= 0.3 is 0 Å². The van der Waals surface area contributed by atoms with Gasteiger partial charge in [0, 0.05) is 29.3 Å². The van der Waals surface area contributed by atoms with Crippen molar-refractivity contribution in [1.29, 1.82) is 0 Å². The normalized spacial score (nSPS) is 14.8. The van der Waals surface area contributed by atoms with E-state index in [1.807, 2.05) is 31.7 Å². The predicted molar refractivity (Wildman–Crippen MR) is 120 cm³/mol. The van der Waals surface area contributed by atoms with Crippen molar-refractivity contribution in [1.82, 2.24) is 19.5 Å². The van der Waals surface area contributed by atoms with Crippen LogP contribution in [0.2, 0.25) is 5.02 Å². The maximum atomic E-state index is 12.7. The molecule has 0 spiro atoms. The van der Waals surface area contributed by atoms with Crippen LogP contribution in [-0.4, -0.2) is 26.6 Å². The molecular weight excluding hydrogens is 422 g/mol. The number of aromatic nitrogens is 4. The Bertz CT molecular complexity index is 1290. The number of ether oxygens (including phenoxy) is 1. The van der Waals surface area contributed by atoms with E-state index in [0.717, 1.165) is 21.1 Å². The molecule has 154 valence electrons. The highest BCUT2D eigenvalue weighted by molar-refractivity contribution is 7.18. The minimum atomic E-state index is -0.230. The molecule has 1 aliphatic carbocycles. The van der Waals surface area contributed by atoms with E-state index in [4.69, 9.17) is 16.3 Å². The maximum absolute atomic E-state index is 12.7. The van der Waals surface area contributed by atoms with Crippen molar-refractivity contribution >= 4 is 39.0 Å². The number of imidazole rings is 1. The summed E-state index contributed by atoms with van der Waals surface area (Å²) < 4.78 is 7.45. The van der Waals surface area contributed by atoms with Crippen LogP contribution in [0.1, 0.15) is 37.4 Å². The Morgan fingerprint density at radius 2 is 2.17 bits per heavy atom. The van der Waals surface area contributed by atoms with E-state index < -0.39 is 0 Å². The zero-order chi connectivity index (χ0) is 20.8. The molecular formula is C21H20ClN5O2S. The number of hydrogen-bond donors (Lipinski definition) is 2. The van der Waals surface area contributed by atoms with Gasteiger partial charge in [0.25, 0.3) is 5.56 Å². The summed E-state index contributed by atoms with van der Waals surface area (Å²) in [5.41, 5.74) is 2.23. The monoisotopic (exact) mass is 441 g/mol. The second kappa shape index (κ2) is 7.45. The minimum Gasteiger partial charge on any atom is -0.495 e. The first kappa shape index (κ1) is 19.1. The lowest BCUT2D eigenvalue weighted by Crippen LogP contribution is -2.19. The van der Waals surface area contributed by atoms with Gasteiger partial charge < -0.3 is 19.6 Å². The summed E-state index contributed by atoms with van der Waals surface area (Å²) in [5.74, 6) is 0.527. The van der Waals surface area contributed by atoms with E-state index >= 15 is 0 Å². The highest BCUT2D eigenvalue weighted by atomic mass is 35.5. The number of halogens is 1. The highest BCUT2D eigenvalue weighted by Crippen LogP contribution is 2.40. The fraction of sp³-hybridized carbons (Fsp3) is 0.286. The molecule has 0 saturated heterocycles. The fourth-order valence-electron chi connectivity index (χ4n) is 3.56. The van der Waals surface area contributed by atoms with Crippen molar-refractivity contribution in [2.24, 2.45) is 0 Å². The van der Waals surface area contributed by atoms with Crippen molar-refractivity contribution in [3.63, 3.8) is 0 Å². The van der Waals surface area contributed by atoms with Gasteiger partial charge in [0.05, 0.1) is 46.8 Å². The molecule has 1 atom stereocenters. The number of hydrogen-bond acceptors (Lipinski definition) is 6. The molecule has 4 aromatic rings. The van der Waals surface area contributed by atoms with Crippen LogP contribution < -0.4 is 15.6 Å². The average Bonchev–Trinajstić information content (AvgIpc) is 3.27. The Hall–Kier alpha value is -2.84. The standard InChI is InChI=1S/C21H20ClN5O2S/c1-11(14-5-12-6-15(22)18(29-2)7-16(12)26-20(14)28)25-21-24-9-19(30-21)17-8-23-10-27(17)13-3-4-13/h5-11,13H,3-4H2,1-2H3,(H,24,25)(H,26,28)/t11-/m0/s1. The molecule has 0 radical (unpaired) electrons. The Balaban J connectivity index is 1.41. The van der Waals surface area contributed by atoms with Crippen molar-refractivity contribution in [2.75, 3.05) is 12.4 Å². The van der Waals surface area contributed by atoms with Crippen LogP contribution in [0, 0.1) is 0 Å². The Morgan fingerprint density at radius 1 is 1.33 bits per heavy atom. The lowest BCUT2D eigenvalue weighted by Gasteiger charge is -2.14. The van der Waals surface area contributed by atoms with E-state index in [1.54, 1.807) is 30.6 Å². The Kier molecular flexibility index (Phi) is 4.75. The van der Waals surface area contributed by atoms with Crippen molar-refractivity contribution in [3.8, 4) is 16.3 Å². The average molecular weight is 442 g/mol. The van der Waals surface area contributed by atoms with Gasteiger partial charge in [-0.15, -0.1) is 0 Å². The van der Waals surface area contributed by atoms with Crippen LogP contribution in [-0.2, 0) is 0 Å². The molecule has 2 N–H and O–H groups in total. The third kappa shape index (κ3) is 3.46.